The van der Waals surface area contributed by atoms with E-state index in [9.17, 15) is 4.79 Å². The van der Waals surface area contributed by atoms with Crippen LogP contribution in [0.4, 0.5) is 0 Å². The molecule has 2 rings (SSSR count). The van der Waals surface area contributed by atoms with Crippen molar-refractivity contribution in [2.24, 2.45) is 0 Å². The Bertz CT molecular complexity index is 507. The number of thioether (sulfide) groups is 1. The minimum Gasteiger partial charge on any atom is -0.460 e. The highest BCUT2D eigenvalue weighted by atomic mass is 32.2. The Hall–Kier alpha value is -1.93. The van der Waals surface area contributed by atoms with E-state index < -0.39 is 0 Å². The molecule has 0 spiro atoms. The molecule has 0 N–H and O–H groups in total. The Morgan fingerprint density at radius 3 is 2.87 bits per heavy atom. The number of carbonyl (C=O) groups is 1. The summed E-state index contributed by atoms with van der Waals surface area (Å²) in [7, 11) is 0. The first-order valence-corrected chi connectivity index (χ1v) is 4.87. The Morgan fingerprint density at radius 1 is 1.40 bits per heavy atom. The van der Waals surface area contributed by atoms with Crippen LogP contribution in [-0.4, -0.2) is 5.12 Å². The summed E-state index contributed by atoms with van der Waals surface area (Å²) in [6.07, 6.45) is 1.43. The molecule has 2 aromatic heterocycles. The fourth-order valence-corrected chi connectivity index (χ4v) is 1.64. The third-order valence-corrected chi connectivity index (χ3v) is 2.41. The number of nitriles is 1. The van der Waals surface area contributed by atoms with Gasteiger partial charge in [-0.25, -0.2) is 0 Å². The van der Waals surface area contributed by atoms with Crippen LogP contribution in [0.25, 0.3) is 0 Å². The van der Waals surface area contributed by atoms with Crippen LogP contribution in [0.1, 0.15) is 16.3 Å². The zero-order valence-electron chi connectivity index (χ0n) is 7.47. The number of nitrogens with zero attached hydrogens (tertiary/aromatic N) is 1. The Balaban J connectivity index is 2.10. The molecule has 0 aromatic carbocycles. The van der Waals surface area contributed by atoms with Gasteiger partial charge < -0.3 is 8.83 Å². The molecule has 0 saturated heterocycles. The lowest BCUT2D eigenvalue weighted by molar-refractivity contribution is 0.106. The molecule has 2 aromatic rings. The van der Waals surface area contributed by atoms with E-state index >= 15 is 0 Å². The fraction of sp³-hybridized carbons (Fsp3) is 0. The van der Waals surface area contributed by atoms with Crippen molar-refractivity contribution >= 4 is 16.9 Å². The number of rotatable bonds is 2. The van der Waals surface area contributed by atoms with Crippen LogP contribution in [0.15, 0.2) is 44.5 Å². The SMILES string of the molecule is N#Cc1ccc(SC(=O)c2ccco2)o1. The van der Waals surface area contributed by atoms with E-state index in [4.69, 9.17) is 14.1 Å². The molecule has 2 heterocycles. The van der Waals surface area contributed by atoms with Gasteiger partial charge in [0.05, 0.1) is 6.26 Å². The lowest BCUT2D eigenvalue weighted by Gasteiger charge is -1.91. The van der Waals surface area contributed by atoms with E-state index in [1.54, 1.807) is 18.2 Å². The summed E-state index contributed by atoms with van der Waals surface area (Å²) in [6, 6.07) is 8.13. The Morgan fingerprint density at radius 2 is 2.27 bits per heavy atom. The predicted octanol–water partition coefficient (Wildman–Crippen LogP) is 2.68. The number of furan rings is 2. The van der Waals surface area contributed by atoms with Gasteiger partial charge in [0.1, 0.15) is 6.07 Å². The smallest absolute Gasteiger partial charge is 0.262 e. The quantitative estimate of drug-likeness (QED) is 0.726. The van der Waals surface area contributed by atoms with Crippen LogP contribution in [0.5, 0.6) is 0 Å². The molecule has 4 nitrogen and oxygen atoms in total. The minimum absolute atomic E-state index is 0.185. The van der Waals surface area contributed by atoms with Gasteiger partial charge in [0.25, 0.3) is 5.12 Å². The normalized spacial score (nSPS) is 9.80. The molecular formula is C10H5NO3S. The maximum atomic E-state index is 11.5. The van der Waals surface area contributed by atoms with E-state index in [1.807, 2.05) is 6.07 Å². The molecule has 0 bridgehead atoms. The summed E-state index contributed by atoms with van der Waals surface area (Å²) in [4.78, 5) is 11.5. The van der Waals surface area contributed by atoms with E-state index in [1.165, 1.54) is 12.3 Å². The first kappa shape index (κ1) is 9.62. The van der Waals surface area contributed by atoms with Gasteiger partial charge in [-0.15, -0.1) is 0 Å². The topological polar surface area (TPSA) is 67.1 Å². The summed E-state index contributed by atoms with van der Waals surface area (Å²) < 4.78 is 9.96. The van der Waals surface area contributed by atoms with Crippen molar-refractivity contribution in [2.45, 2.75) is 5.09 Å². The van der Waals surface area contributed by atoms with Gasteiger partial charge in [-0.1, -0.05) is 0 Å². The molecule has 0 radical (unpaired) electrons. The van der Waals surface area contributed by atoms with Crippen molar-refractivity contribution in [3.05, 3.63) is 42.0 Å². The van der Waals surface area contributed by atoms with E-state index in [-0.39, 0.29) is 16.6 Å². The predicted molar refractivity (Wildman–Crippen MR) is 52.3 cm³/mol. The molecule has 0 fully saturated rings. The Labute approximate surface area is 89.5 Å². The molecule has 0 saturated carbocycles. The highest BCUT2D eigenvalue weighted by Gasteiger charge is 2.13. The average molecular weight is 219 g/mol. The molecular weight excluding hydrogens is 214 g/mol. The van der Waals surface area contributed by atoms with E-state index in [0.717, 1.165) is 11.8 Å². The van der Waals surface area contributed by atoms with Gasteiger partial charge in [-0.2, -0.15) is 5.26 Å². The molecule has 0 unspecified atom stereocenters. The zero-order valence-corrected chi connectivity index (χ0v) is 8.28. The molecule has 0 aliphatic heterocycles. The maximum absolute atomic E-state index is 11.5. The Kier molecular flexibility index (Phi) is 2.61. The van der Waals surface area contributed by atoms with Crippen molar-refractivity contribution < 1.29 is 13.6 Å². The van der Waals surface area contributed by atoms with Crippen LogP contribution in [0.3, 0.4) is 0 Å². The number of carbonyl (C=O) groups excluding carboxylic acids is 1. The third-order valence-electron chi connectivity index (χ3n) is 1.61. The summed E-state index contributed by atoms with van der Waals surface area (Å²) in [5.74, 6) is 0.444. The van der Waals surface area contributed by atoms with Crippen LogP contribution in [0.2, 0.25) is 0 Å². The second-order valence-corrected chi connectivity index (χ2v) is 3.57. The van der Waals surface area contributed by atoms with Crippen LogP contribution in [0, 0.1) is 11.3 Å². The first-order valence-electron chi connectivity index (χ1n) is 4.05. The average Bonchev–Trinajstić information content (AvgIpc) is 2.87. The molecule has 15 heavy (non-hydrogen) atoms. The molecule has 0 amide bonds. The van der Waals surface area contributed by atoms with Gasteiger partial charge in [-0.05, 0) is 36.0 Å². The molecule has 5 heteroatoms. The number of hydrogen-bond donors (Lipinski definition) is 0. The largest absolute Gasteiger partial charge is 0.460 e. The van der Waals surface area contributed by atoms with Crippen LogP contribution < -0.4 is 0 Å². The van der Waals surface area contributed by atoms with Crippen molar-refractivity contribution in [3.8, 4) is 6.07 Å². The second kappa shape index (κ2) is 4.07. The lowest BCUT2D eigenvalue weighted by Crippen LogP contribution is -1.88. The van der Waals surface area contributed by atoms with Crippen molar-refractivity contribution in [3.63, 3.8) is 0 Å². The van der Waals surface area contributed by atoms with Gasteiger partial charge in [-0.3, -0.25) is 4.79 Å². The van der Waals surface area contributed by atoms with E-state index in [2.05, 4.69) is 0 Å². The molecule has 74 valence electrons. The molecule has 0 aliphatic carbocycles. The first-order chi connectivity index (χ1) is 7.29. The lowest BCUT2D eigenvalue weighted by atomic mass is 10.5. The van der Waals surface area contributed by atoms with E-state index in [0.29, 0.717) is 5.09 Å². The fourth-order valence-electron chi connectivity index (χ4n) is 0.971. The highest BCUT2D eigenvalue weighted by Crippen LogP contribution is 2.24. The van der Waals surface area contributed by atoms with Crippen molar-refractivity contribution in [2.75, 3.05) is 0 Å². The standard InChI is InChI=1S/C10H5NO3S/c11-6-7-3-4-9(14-7)15-10(12)8-2-1-5-13-8/h1-5H. The monoisotopic (exact) mass is 219 g/mol. The third kappa shape index (κ3) is 2.11. The van der Waals surface area contributed by atoms with Gasteiger partial charge in [0.2, 0.25) is 5.76 Å². The van der Waals surface area contributed by atoms with Gasteiger partial charge in [0.15, 0.2) is 10.9 Å². The molecule has 0 atom stereocenters. The van der Waals surface area contributed by atoms with Crippen molar-refractivity contribution in [1.29, 1.82) is 5.26 Å². The summed E-state index contributed by atoms with van der Waals surface area (Å²) in [5, 5.41) is 8.64. The van der Waals surface area contributed by atoms with Crippen molar-refractivity contribution in [1.82, 2.24) is 0 Å². The second-order valence-electron chi connectivity index (χ2n) is 2.60. The van der Waals surface area contributed by atoms with Crippen LogP contribution in [-0.2, 0) is 0 Å². The van der Waals surface area contributed by atoms with Crippen LogP contribution >= 0.6 is 11.8 Å². The minimum atomic E-state index is -0.251. The summed E-state index contributed by atoms with van der Waals surface area (Å²) >= 11 is 0.887. The van der Waals surface area contributed by atoms with Gasteiger partial charge in [0, 0.05) is 0 Å². The number of hydrogen-bond acceptors (Lipinski definition) is 5. The summed E-state index contributed by atoms with van der Waals surface area (Å²) in [6.45, 7) is 0. The maximum Gasteiger partial charge on any atom is 0.262 e. The molecule has 0 aliphatic rings. The highest BCUT2D eigenvalue weighted by molar-refractivity contribution is 8.14. The zero-order chi connectivity index (χ0) is 10.7. The summed E-state index contributed by atoms with van der Waals surface area (Å²) in [5.41, 5.74) is 0. The van der Waals surface area contributed by atoms with Gasteiger partial charge >= 0.3 is 0 Å².